The van der Waals surface area contributed by atoms with Crippen molar-refractivity contribution in [3.8, 4) is 5.75 Å². The normalized spacial score (nSPS) is 15.8. The van der Waals surface area contributed by atoms with Gasteiger partial charge in [-0.1, -0.05) is 6.92 Å². The lowest BCUT2D eigenvalue weighted by Gasteiger charge is -2.29. The highest BCUT2D eigenvalue weighted by molar-refractivity contribution is 7.90. The summed E-state index contributed by atoms with van der Waals surface area (Å²) in [6.07, 6.45) is 0.659. The van der Waals surface area contributed by atoms with Crippen LogP contribution in [0, 0.1) is 0 Å². The monoisotopic (exact) mass is 487 g/mol. The molecule has 3 heterocycles. The zero-order chi connectivity index (χ0) is 24.3. The SMILES string of the molecule is CCc1nn(S(=O)(=O)c2ccc3c(c2)N(C)CCO3)c2cc(N3CCNCC3)ccc12.O=CO. The second-order valence-electron chi connectivity index (χ2n) is 8.09. The van der Waals surface area contributed by atoms with E-state index in [9.17, 15) is 8.42 Å². The van der Waals surface area contributed by atoms with Crippen molar-refractivity contribution >= 4 is 38.8 Å². The van der Waals surface area contributed by atoms with Gasteiger partial charge in [0.2, 0.25) is 0 Å². The van der Waals surface area contributed by atoms with Crippen molar-refractivity contribution in [2.75, 3.05) is 56.2 Å². The average molecular weight is 488 g/mol. The number of carbonyl (C=O) groups is 1. The predicted octanol–water partition coefficient (Wildman–Crippen LogP) is 1.77. The van der Waals surface area contributed by atoms with Gasteiger partial charge >= 0.3 is 0 Å². The van der Waals surface area contributed by atoms with Crippen molar-refractivity contribution < 1.29 is 23.1 Å². The van der Waals surface area contributed by atoms with Gasteiger partial charge in [0.05, 0.1) is 28.3 Å². The first-order valence-corrected chi connectivity index (χ1v) is 12.6. The Morgan fingerprint density at radius 3 is 2.59 bits per heavy atom. The van der Waals surface area contributed by atoms with E-state index >= 15 is 0 Å². The van der Waals surface area contributed by atoms with Gasteiger partial charge in [-0.15, -0.1) is 0 Å². The number of piperazine rings is 1. The maximum atomic E-state index is 13.7. The fourth-order valence-corrected chi connectivity index (χ4v) is 5.61. The lowest BCUT2D eigenvalue weighted by Crippen LogP contribution is -2.43. The van der Waals surface area contributed by atoms with Gasteiger partial charge in [-0.25, -0.2) is 0 Å². The topological polar surface area (TPSA) is 117 Å². The third kappa shape index (κ3) is 4.40. The van der Waals surface area contributed by atoms with Gasteiger partial charge in [0.25, 0.3) is 16.5 Å². The molecule has 0 unspecified atom stereocenters. The van der Waals surface area contributed by atoms with Crippen molar-refractivity contribution in [2.45, 2.75) is 18.2 Å². The number of rotatable bonds is 4. The lowest BCUT2D eigenvalue weighted by atomic mass is 10.1. The smallest absolute Gasteiger partial charge is 0.290 e. The number of benzene rings is 2. The molecule has 1 fully saturated rings. The Bertz CT molecular complexity index is 1280. The summed E-state index contributed by atoms with van der Waals surface area (Å²) in [6.45, 7) is 6.67. The Kier molecular flexibility index (Phi) is 6.94. The molecule has 2 aromatic carbocycles. The van der Waals surface area contributed by atoms with Gasteiger partial charge < -0.3 is 25.0 Å². The Morgan fingerprint density at radius 2 is 1.88 bits per heavy atom. The predicted molar refractivity (Wildman–Crippen MR) is 131 cm³/mol. The van der Waals surface area contributed by atoms with E-state index < -0.39 is 10.0 Å². The number of carboxylic acid groups (broad SMARTS) is 1. The molecule has 10 nitrogen and oxygen atoms in total. The van der Waals surface area contributed by atoms with E-state index in [4.69, 9.17) is 14.6 Å². The highest BCUT2D eigenvalue weighted by Crippen LogP contribution is 2.34. The number of nitrogens with zero attached hydrogens (tertiary/aromatic N) is 4. The minimum Gasteiger partial charge on any atom is -0.490 e. The van der Waals surface area contributed by atoms with Crippen LogP contribution in [0.15, 0.2) is 41.3 Å². The molecule has 182 valence electrons. The van der Waals surface area contributed by atoms with Gasteiger partial charge in [0.15, 0.2) is 0 Å². The van der Waals surface area contributed by atoms with Gasteiger partial charge in [0.1, 0.15) is 12.4 Å². The number of aryl methyl sites for hydroxylation is 1. The van der Waals surface area contributed by atoms with E-state index in [1.54, 1.807) is 18.2 Å². The molecule has 3 aromatic rings. The number of ether oxygens (including phenoxy) is 1. The van der Waals surface area contributed by atoms with E-state index in [0.717, 1.165) is 55.2 Å². The molecule has 11 heteroatoms. The highest BCUT2D eigenvalue weighted by atomic mass is 32.2. The summed E-state index contributed by atoms with van der Waals surface area (Å²) < 4.78 is 34.2. The Balaban J connectivity index is 0.000000868. The van der Waals surface area contributed by atoms with Crippen LogP contribution in [0.3, 0.4) is 0 Å². The molecule has 0 atom stereocenters. The summed E-state index contributed by atoms with van der Waals surface area (Å²) in [7, 11) is -1.93. The summed E-state index contributed by atoms with van der Waals surface area (Å²) in [5.74, 6) is 0.702. The molecular formula is C23H29N5O5S. The maximum Gasteiger partial charge on any atom is 0.290 e. The number of anilines is 2. The lowest BCUT2D eigenvalue weighted by molar-refractivity contribution is -0.122. The second-order valence-corrected chi connectivity index (χ2v) is 9.86. The van der Waals surface area contributed by atoms with E-state index in [2.05, 4.69) is 21.4 Å². The van der Waals surface area contributed by atoms with Crippen LogP contribution in [-0.2, 0) is 21.2 Å². The van der Waals surface area contributed by atoms with Crippen LogP contribution in [-0.4, -0.2) is 75.6 Å². The quantitative estimate of drug-likeness (QED) is 0.531. The Labute approximate surface area is 198 Å². The largest absolute Gasteiger partial charge is 0.490 e. The minimum atomic E-state index is -3.87. The minimum absolute atomic E-state index is 0.211. The average Bonchev–Trinajstić information content (AvgIpc) is 3.24. The summed E-state index contributed by atoms with van der Waals surface area (Å²) in [5.41, 5.74) is 3.20. The van der Waals surface area contributed by atoms with Crippen molar-refractivity contribution in [2.24, 2.45) is 0 Å². The first kappa shape index (κ1) is 23.8. The first-order valence-electron chi connectivity index (χ1n) is 11.2. The van der Waals surface area contributed by atoms with Gasteiger partial charge in [-0.3, -0.25) is 4.79 Å². The summed E-state index contributed by atoms with van der Waals surface area (Å²) in [4.78, 5) is 12.9. The number of hydrogen-bond acceptors (Lipinski definition) is 8. The van der Waals surface area contributed by atoms with E-state index in [1.165, 1.54) is 4.09 Å². The van der Waals surface area contributed by atoms with Crippen molar-refractivity contribution in [1.29, 1.82) is 0 Å². The zero-order valence-corrected chi connectivity index (χ0v) is 20.1. The molecular weight excluding hydrogens is 458 g/mol. The molecule has 0 spiro atoms. The summed E-state index contributed by atoms with van der Waals surface area (Å²) in [5, 5.41) is 15.6. The van der Waals surface area contributed by atoms with Crippen LogP contribution in [0.5, 0.6) is 5.75 Å². The molecule has 5 rings (SSSR count). The molecule has 0 aliphatic carbocycles. The fraction of sp³-hybridized carbons (Fsp3) is 0.391. The molecule has 2 aliphatic heterocycles. The summed E-state index contributed by atoms with van der Waals surface area (Å²) >= 11 is 0. The molecule has 1 saturated heterocycles. The number of nitrogens with one attached hydrogen (secondary N) is 1. The maximum absolute atomic E-state index is 13.7. The third-order valence-electron chi connectivity index (χ3n) is 6.08. The van der Waals surface area contributed by atoms with E-state index in [-0.39, 0.29) is 11.4 Å². The Hall–Kier alpha value is -3.31. The zero-order valence-electron chi connectivity index (χ0n) is 19.3. The molecule has 34 heavy (non-hydrogen) atoms. The fourth-order valence-electron chi connectivity index (χ4n) is 4.29. The van der Waals surface area contributed by atoms with Crippen molar-refractivity contribution in [1.82, 2.24) is 14.5 Å². The van der Waals surface area contributed by atoms with E-state index in [0.29, 0.717) is 24.3 Å². The van der Waals surface area contributed by atoms with Crippen LogP contribution in [0.2, 0.25) is 0 Å². The molecule has 0 bridgehead atoms. The van der Waals surface area contributed by atoms with Crippen LogP contribution in [0.1, 0.15) is 12.6 Å². The van der Waals surface area contributed by atoms with E-state index in [1.807, 2.05) is 31.0 Å². The highest BCUT2D eigenvalue weighted by Gasteiger charge is 2.26. The number of likely N-dealkylation sites (N-methyl/N-ethyl adjacent to an activating group) is 1. The first-order chi connectivity index (χ1) is 16.4. The van der Waals surface area contributed by atoms with Gasteiger partial charge in [0, 0.05) is 44.3 Å². The molecule has 2 aliphatic rings. The number of hydrogen-bond donors (Lipinski definition) is 2. The van der Waals surface area contributed by atoms with Crippen LogP contribution in [0.25, 0.3) is 10.9 Å². The van der Waals surface area contributed by atoms with Crippen molar-refractivity contribution in [3.63, 3.8) is 0 Å². The third-order valence-corrected chi connectivity index (χ3v) is 7.66. The van der Waals surface area contributed by atoms with Crippen LogP contribution >= 0.6 is 0 Å². The Morgan fingerprint density at radius 1 is 1.15 bits per heavy atom. The summed E-state index contributed by atoms with van der Waals surface area (Å²) in [6, 6.07) is 11.0. The number of aromatic nitrogens is 2. The molecule has 2 N–H and O–H groups in total. The van der Waals surface area contributed by atoms with Gasteiger partial charge in [-0.2, -0.15) is 17.6 Å². The molecule has 0 amide bonds. The van der Waals surface area contributed by atoms with Gasteiger partial charge in [-0.05, 0) is 42.8 Å². The van der Waals surface area contributed by atoms with Crippen LogP contribution < -0.4 is 19.9 Å². The number of fused-ring (bicyclic) bond motifs is 2. The van der Waals surface area contributed by atoms with Crippen molar-refractivity contribution in [3.05, 3.63) is 42.1 Å². The molecule has 0 radical (unpaired) electrons. The molecule has 0 saturated carbocycles. The van der Waals surface area contributed by atoms with Crippen LogP contribution in [0.4, 0.5) is 11.4 Å². The second kappa shape index (κ2) is 9.90. The standard InChI is InChI=1S/C22H27N5O3S.CH2O2/c1-3-19-18-6-4-16(26-10-8-23-9-11-26)14-20(18)27(24-19)31(28,29)17-5-7-22-21(15-17)25(2)12-13-30-22;2-1-3/h4-7,14-15,23H,3,8-13H2,1-2H3;1H,(H,2,3). The molecule has 1 aromatic heterocycles.